The largest absolute Gasteiger partial charge is 0.508 e. The molecule has 9 heteroatoms. The number of amides is 3. The highest BCUT2D eigenvalue weighted by atomic mass is 16.7. The van der Waals surface area contributed by atoms with Crippen molar-refractivity contribution in [2.75, 3.05) is 57.5 Å². The van der Waals surface area contributed by atoms with Crippen LogP contribution in [0.15, 0.2) is 36.4 Å². The topological polar surface area (TPSA) is 85.8 Å². The van der Waals surface area contributed by atoms with Gasteiger partial charge in [-0.15, -0.1) is 0 Å². The minimum atomic E-state index is -0.161. The van der Waals surface area contributed by atoms with Crippen LogP contribution in [0.3, 0.4) is 0 Å². The Morgan fingerprint density at radius 2 is 1.76 bits per heavy atom. The molecule has 1 N–H and O–H groups in total. The van der Waals surface area contributed by atoms with Gasteiger partial charge in [-0.1, -0.05) is 6.07 Å². The molecule has 0 unspecified atom stereocenters. The number of benzene rings is 2. The number of urea groups is 1. The number of phenolic OH excluding ortho intramolecular Hbond substituents is 1. The third kappa shape index (κ3) is 4.61. The number of aromatic hydroxyl groups is 1. The van der Waals surface area contributed by atoms with Crippen molar-refractivity contribution >= 4 is 17.6 Å². The molecule has 0 bridgehead atoms. The van der Waals surface area contributed by atoms with Crippen molar-refractivity contribution in [3.8, 4) is 17.2 Å². The quantitative estimate of drug-likeness (QED) is 0.729. The van der Waals surface area contributed by atoms with Crippen LogP contribution >= 0.6 is 0 Å². The molecule has 2 aromatic carbocycles. The van der Waals surface area contributed by atoms with Gasteiger partial charge in [-0.2, -0.15) is 0 Å². The Hall–Kier alpha value is -3.46. The van der Waals surface area contributed by atoms with Crippen molar-refractivity contribution in [3.05, 3.63) is 47.5 Å². The molecule has 5 rings (SSSR count). The summed E-state index contributed by atoms with van der Waals surface area (Å²) in [7, 11) is 0. The summed E-state index contributed by atoms with van der Waals surface area (Å²) >= 11 is 0. The molecule has 0 atom stereocenters. The van der Waals surface area contributed by atoms with E-state index in [-0.39, 0.29) is 31.0 Å². The maximum absolute atomic E-state index is 13.1. The van der Waals surface area contributed by atoms with Crippen LogP contribution in [0.2, 0.25) is 0 Å². The molecule has 3 aliphatic rings. The number of carbonyl (C=O) groups is 2. The first-order valence-corrected chi connectivity index (χ1v) is 11.7. The van der Waals surface area contributed by atoms with Crippen molar-refractivity contribution in [1.82, 2.24) is 14.7 Å². The molecule has 3 amide bonds. The van der Waals surface area contributed by atoms with E-state index < -0.39 is 0 Å². The van der Waals surface area contributed by atoms with Crippen LogP contribution < -0.4 is 14.4 Å². The van der Waals surface area contributed by atoms with E-state index in [0.29, 0.717) is 26.2 Å². The van der Waals surface area contributed by atoms with Crippen LogP contribution in [0.1, 0.15) is 17.5 Å². The van der Waals surface area contributed by atoms with Gasteiger partial charge in [0.1, 0.15) is 12.3 Å². The number of carbonyl (C=O) groups excluding carboxylic acids is 2. The Labute approximate surface area is 199 Å². The van der Waals surface area contributed by atoms with E-state index in [1.807, 2.05) is 23.1 Å². The van der Waals surface area contributed by atoms with Gasteiger partial charge in [-0.05, 0) is 54.8 Å². The minimum absolute atomic E-state index is 0.0141. The molecule has 180 valence electrons. The summed E-state index contributed by atoms with van der Waals surface area (Å²) in [5.41, 5.74) is 2.62. The maximum Gasteiger partial charge on any atom is 0.324 e. The highest BCUT2D eigenvalue weighted by Gasteiger charge is 2.30. The molecule has 0 spiro atoms. The van der Waals surface area contributed by atoms with Crippen molar-refractivity contribution in [3.63, 3.8) is 0 Å². The molecule has 2 saturated heterocycles. The van der Waals surface area contributed by atoms with E-state index in [1.165, 1.54) is 0 Å². The number of aryl methyl sites for hydroxylation is 1. The summed E-state index contributed by atoms with van der Waals surface area (Å²) in [6, 6.07) is 11.0. The number of piperazine rings is 1. The molecular formula is C25H30N4O5. The van der Waals surface area contributed by atoms with Gasteiger partial charge in [0.15, 0.2) is 11.5 Å². The smallest absolute Gasteiger partial charge is 0.324 e. The van der Waals surface area contributed by atoms with Crippen LogP contribution in [0.25, 0.3) is 0 Å². The lowest BCUT2D eigenvalue weighted by Crippen LogP contribution is -2.55. The van der Waals surface area contributed by atoms with Crippen LogP contribution in [-0.2, 0) is 11.3 Å². The number of rotatable bonds is 5. The molecule has 0 aliphatic carbocycles. The fraction of sp³-hybridized carbons (Fsp3) is 0.440. The Balaban J connectivity index is 1.13. The van der Waals surface area contributed by atoms with Crippen molar-refractivity contribution in [2.45, 2.75) is 19.9 Å². The summed E-state index contributed by atoms with van der Waals surface area (Å²) in [6.07, 6.45) is 0.794. The van der Waals surface area contributed by atoms with Crippen LogP contribution in [0, 0.1) is 6.92 Å². The number of phenols is 1. The number of nitrogens with zero attached hydrogens (tertiary/aromatic N) is 4. The summed E-state index contributed by atoms with van der Waals surface area (Å²) < 4.78 is 10.8. The average Bonchev–Trinajstić information content (AvgIpc) is 3.31. The van der Waals surface area contributed by atoms with Gasteiger partial charge >= 0.3 is 6.03 Å². The van der Waals surface area contributed by atoms with E-state index in [4.69, 9.17) is 9.47 Å². The van der Waals surface area contributed by atoms with Gasteiger partial charge in [0.05, 0.1) is 0 Å². The molecule has 2 fully saturated rings. The average molecular weight is 467 g/mol. The fourth-order valence-corrected chi connectivity index (χ4v) is 4.69. The first-order valence-electron chi connectivity index (χ1n) is 11.7. The summed E-state index contributed by atoms with van der Waals surface area (Å²) in [4.78, 5) is 33.5. The Kier molecular flexibility index (Phi) is 6.19. The van der Waals surface area contributed by atoms with Crippen molar-refractivity contribution in [1.29, 1.82) is 0 Å². The van der Waals surface area contributed by atoms with E-state index in [0.717, 1.165) is 54.4 Å². The SMILES string of the molecule is Cc1cc(N2CCCN(CC(=O)N3CCN(Cc4ccc5c(c4)OCO5)CC3)C2=O)ccc1O. The highest BCUT2D eigenvalue weighted by Crippen LogP contribution is 2.33. The Morgan fingerprint density at radius 3 is 2.56 bits per heavy atom. The van der Waals surface area contributed by atoms with Crippen LogP contribution in [-0.4, -0.2) is 84.4 Å². The van der Waals surface area contributed by atoms with Crippen LogP contribution in [0.4, 0.5) is 10.5 Å². The molecule has 2 aromatic rings. The Bertz CT molecular complexity index is 1080. The number of hydrogen-bond acceptors (Lipinski definition) is 6. The van der Waals surface area contributed by atoms with Gasteiger partial charge in [-0.25, -0.2) is 4.79 Å². The zero-order valence-electron chi connectivity index (χ0n) is 19.4. The van der Waals surface area contributed by atoms with Gasteiger partial charge in [0.2, 0.25) is 12.7 Å². The molecule has 0 aromatic heterocycles. The zero-order chi connectivity index (χ0) is 23.7. The molecule has 9 nitrogen and oxygen atoms in total. The summed E-state index contributed by atoms with van der Waals surface area (Å²) in [6.45, 7) is 7.00. The normalized spacial score (nSPS) is 18.5. The second-order valence-electron chi connectivity index (χ2n) is 9.02. The lowest BCUT2D eigenvalue weighted by Gasteiger charge is -2.38. The predicted octanol–water partition coefficient (Wildman–Crippen LogP) is 2.41. The lowest BCUT2D eigenvalue weighted by atomic mass is 10.1. The van der Waals surface area contributed by atoms with E-state index >= 15 is 0 Å². The van der Waals surface area contributed by atoms with Gasteiger partial charge in [0.25, 0.3) is 0 Å². The molecule has 0 saturated carbocycles. The minimum Gasteiger partial charge on any atom is -0.508 e. The third-order valence-electron chi connectivity index (χ3n) is 6.70. The number of ether oxygens (including phenoxy) is 2. The van der Waals surface area contributed by atoms with Gasteiger partial charge in [0, 0.05) is 51.5 Å². The van der Waals surface area contributed by atoms with E-state index in [9.17, 15) is 14.7 Å². The summed E-state index contributed by atoms with van der Waals surface area (Å²) in [5, 5.41) is 9.78. The van der Waals surface area contributed by atoms with Gasteiger partial charge in [-0.3, -0.25) is 14.6 Å². The first kappa shape index (κ1) is 22.3. The zero-order valence-corrected chi connectivity index (χ0v) is 19.4. The predicted molar refractivity (Wildman–Crippen MR) is 126 cm³/mol. The molecule has 3 heterocycles. The second-order valence-corrected chi connectivity index (χ2v) is 9.02. The molecule has 0 radical (unpaired) electrons. The monoisotopic (exact) mass is 466 g/mol. The van der Waals surface area contributed by atoms with Crippen molar-refractivity contribution < 1.29 is 24.2 Å². The molecular weight excluding hydrogens is 436 g/mol. The molecule has 3 aliphatic heterocycles. The number of anilines is 1. The van der Waals surface area contributed by atoms with E-state index in [1.54, 1.807) is 34.9 Å². The third-order valence-corrected chi connectivity index (χ3v) is 6.70. The van der Waals surface area contributed by atoms with Crippen LogP contribution in [0.5, 0.6) is 17.2 Å². The standard InChI is InChI=1S/C25H30N4O5/c1-18-13-20(4-5-21(18)30)29-8-2-7-28(25(29)32)16-24(31)27-11-9-26(10-12-27)15-19-3-6-22-23(14-19)34-17-33-22/h3-6,13-14,30H,2,7-12,15-17H2,1H3. The lowest BCUT2D eigenvalue weighted by molar-refractivity contribution is -0.133. The first-order chi connectivity index (χ1) is 16.5. The maximum atomic E-state index is 13.1. The van der Waals surface area contributed by atoms with Gasteiger partial charge < -0.3 is 24.4 Å². The number of hydrogen-bond donors (Lipinski definition) is 1. The number of fused-ring (bicyclic) bond motifs is 1. The Morgan fingerprint density at radius 1 is 0.971 bits per heavy atom. The molecule has 34 heavy (non-hydrogen) atoms. The summed E-state index contributed by atoms with van der Waals surface area (Å²) in [5.74, 6) is 1.76. The fourth-order valence-electron chi connectivity index (χ4n) is 4.69. The van der Waals surface area contributed by atoms with E-state index in [2.05, 4.69) is 4.90 Å². The van der Waals surface area contributed by atoms with Crippen molar-refractivity contribution in [2.24, 2.45) is 0 Å². The highest BCUT2D eigenvalue weighted by molar-refractivity contribution is 5.95. The second kappa shape index (κ2) is 9.42.